The number of nitrogens with one attached hydrogen (secondary N) is 1. The van der Waals surface area contributed by atoms with E-state index in [1.807, 2.05) is 12.1 Å². The van der Waals surface area contributed by atoms with Crippen molar-refractivity contribution < 1.29 is 0 Å². The molecule has 2 rings (SSSR count). The van der Waals surface area contributed by atoms with Crippen LogP contribution < -0.4 is 11.1 Å². The summed E-state index contributed by atoms with van der Waals surface area (Å²) in [6, 6.07) is 4.56. The Morgan fingerprint density at radius 3 is 2.80 bits per heavy atom. The van der Waals surface area contributed by atoms with Gasteiger partial charge in [-0.15, -0.1) is 0 Å². The SMILES string of the molecule is CC(C)=CCN1[C@@H](C)CNc2c(N)cc(Cl)cc2[C@@H]1C. The monoisotopic (exact) mass is 293 g/mol. The topological polar surface area (TPSA) is 41.3 Å². The molecule has 1 aliphatic heterocycles. The Bertz CT molecular complexity index is 521. The molecule has 1 heterocycles. The van der Waals surface area contributed by atoms with E-state index in [0.717, 1.165) is 24.5 Å². The molecule has 20 heavy (non-hydrogen) atoms. The fraction of sp³-hybridized carbons (Fsp3) is 0.500. The third kappa shape index (κ3) is 3.10. The van der Waals surface area contributed by atoms with Gasteiger partial charge in [-0.3, -0.25) is 4.90 Å². The Kier molecular flexibility index (Phi) is 4.61. The Morgan fingerprint density at radius 2 is 2.15 bits per heavy atom. The standard InChI is InChI=1S/C16H24ClN3/c1-10(2)5-6-20-11(3)9-19-16-14(12(20)4)7-13(17)8-15(16)18/h5,7-8,11-12,19H,6,9,18H2,1-4H3/t11-,12-/m0/s1. The first kappa shape index (κ1) is 15.2. The number of rotatable bonds is 2. The highest BCUT2D eigenvalue weighted by Crippen LogP contribution is 2.37. The third-order valence-electron chi connectivity index (χ3n) is 3.96. The molecule has 2 atom stereocenters. The third-order valence-corrected chi connectivity index (χ3v) is 4.18. The van der Waals surface area contributed by atoms with Crippen LogP contribution in [-0.4, -0.2) is 24.0 Å². The number of fused-ring (bicyclic) bond motifs is 1. The lowest BCUT2D eigenvalue weighted by Gasteiger charge is -2.31. The minimum atomic E-state index is 0.284. The van der Waals surface area contributed by atoms with Gasteiger partial charge in [-0.2, -0.15) is 0 Å². The summed E-state index contributed by atoms with van der Waals surface area (Å²) in [7, 11) is 0. The zero-order valence-corrected chi connectivity index (χ0v) is 13.5. The van der Waals surface area contributed by atoms with E-state index in [-0.39, 0.29) is 6.04 Å². The summed E-state index contributed by atoms with van der Waals surface area (Å²) in [5.74, 6) is 0. The van der Waals surface area contributed by atoms with Crippen LogP contribution in [0.1, 0.15) is 39.3 Å². The number of benzene rings is 1. The molecule has 0 amide bonds. The lowest BCUT2D eigenvalue weighted by atomic mass is 10.0. The number of halogens is 1. The second kappa shape index (κ2) is 6.06. The molecule has 0 bridgehead atoms. The fourth-order valence-corrected chi connectivity index (χ4v) is 2.97. The molecule has 0 spiro atoms. The lowest BCUT2D eigenvalue weighted by molar-refractivity contribution is 0.185. The van der Waals surface area contributed by atoms with Crippen molar-refractivity contribution in [3.63, 3.8) is 0 Å². The minimum Gasteiger partial charge on any atom is -0.397 e. The highest BCUT2D eigenvalue weighted by atomic mass is 35.5. The second-order valence-corrected chi connectivity index (χ2v) is 6.28. The maximum atomic E-state index is 6.17. The van der Waals surface area contributed by atoms with E-state index >= 15 is 0 Å². The van der Waals surface area contributed by atoms with Gasteiger partial charge in [-0.05, 0) is 45.4 Å². The number of anilines is 2. The average Bonchev–Trinajstić information content (AvgIpc) is 2.46. The molecule has 1 aliphatic rings. The minimum absolute atomic E-state index is 0.284. The summed E-state index contributed by atoms with van der Waals surface area (Å²) in [6.45, 7) is 10.6. The summed E-state index contributed by atoms with van der Waals surface area (Å²) >= 11 is 6.17. The fourth-order valence-electron chi connectivity index (χ4n) is 2.74. The Hall–Kier alpha value is -1.19. The molecule has 0 aromatic heterocycles. The maximum absolute atomic E-state index is 6.17. The number of nitrogens with two attached hydrogens (primary N) is 1. The van der Waals surface area contributed by atoms with Gasteiger partial charge in [0.25, 0.3) is 0 Å². The first-order valence-corrected chi connectivity index (χ1v) is 7.50. The Labute approximate surface area is 126 Å². The zero-order valence-electron chi connectivity index (χ0n) is 12.7. The van der Waals surface area contributed by atoms with Crippen LogP contribution in [0.3, 0.4) is 0 Å². The number of nitrogen functional groups attached to an aromatic ring is 1. The van der Waals surface area contributed by atoms with Crippen LogP contribution >= 0.6 is 11.6 Å². The van der Waals surface area contributed by atoms with Gasteiger partial charge < -0.3 is 11.1 Å². The molecule has 0 aliphatic carbocycles. The zero-order chi connectivity index (χ0) is 14.9. The van der Waals surface area contributed by atoms with Crippen molar-refractivity contribution in [3.05, 3.63) is 34.4 Å². The quantitative estimate of drug-likeness (QED) is 0.638. The van der Waals surface area contributed by atoms with Crippen molar-refractivity contribution in [1.82, 2.24) is 4.90 Å². The molecule has 0 saturated carbocycles. The normalized spacial score (nSPS) is 22.6. The van der Waals surface area contributed by atoms with Crippen LogP contribution in [-0.2, 0) is 0 Å². The van der Waals surface area contributed by atoms with Gasteiger partial charge >= 0.3 is 0 Å². The molecule has 1 aromatic carbocycles. The van der Waals surface area contributed by atoms with Crippen LogP contribution in [0, 0.1) is 0 Å². The smallest absolute Gasteiger partial charge is 0.0623 e. The van der Waals surface area contributed by atoms with Crippen LogP contribution in [0.25, 0.3) is 0 Å². The molecule has 3 N–H and O–H groups in total. The van der Waals surface area contributed by atoms with Gasteiger partial charge in [-0.25, -0.2) is 0 Å². The number of hydrogen-bond acceptors (Lipinski definition) is 3. The van der Waals surface area contributed by atoms with Crippen molar-refractivity contribution in [2.45, 2.75) is 39.8 Å². The molecule has 0 radical (unpaired) electrons. The van der Waals surface area contributed by atoms with Gasteiger partial charge in [0.05, 0.1) is 11.4 Å². The summed E-state index contributed by atoms with van der Waals surface area (Å²) < 4.78 is 0. The molecule has 0 fully saturated rings. The van der Waals surface area contributed by atoms with E-state index in [9.17, 15) is 0 Å². The summed E-state index contributed by atoms with van der Waals surface area (Å²) in [5.41, 5.74) is 10.4. The first-order chi connectivity index (χ1) is 9.40. The lowest BCUT2D eigenvalue weighted by Crippen LogP contribution is -2.37. The van der Waals surface area contributed by atoms with Crippen molar-refractivity contribution in [3.8, 4) is 0 Å². The molecule has 110 valence electrons. The van der Waals surface area contributed by atoms with E-state index in [2.05, 4.69) is 44.0 Å². The largest absolute Gasteiger partial charge is 0.397 e. The molecule has 4 heteroatoms. The predicted molar refractivity (Wildman–Crippen MR) is 88.4 cm³/mol. The van der Waals surface area contributed by atoms with E-state index in [1.165, 1.54) is 11.1 Å². The van der Waals surface area contributed by atoms with Crippen LogP contribution in [0.5, 0.6) is 0 Å². The van der Waals surface area contributed by atoms with Crippen molar-refractivity contribution >= 4 is 23.0 Å². The van der Waals surface area contributed by atoms with Gasteiger partial charge in [0, 0.05) is 30.2 Å². The number of allylic oxidation sites excluding steroid dienone is 1. The van der Waals surface area contributed by atoms with Gasteiger partial charge in [-0.1, -0.05) is 23.3 Å². The van der Waals surface area contributed by atoms with Gasteiger partial charge in [0.1, 0.15) is 0 Å². The summed E-state index contributed by atoms with van der Waals surface area (Å²) in [4.78, 5) is 2.47. The number of hydrogen-bond donors (Lipinski definition) is 2. The molecule has 3 nitrogen and oxygen atoms in total. The summed E-state index contributed by atoms with van der Waals surface area (Å²) in [5, 5.41) is 4.17. The number of nitrogens with zero attached hydrogens (tertiary/aromatic N) is 1. The molecular formula is C16H24ClN3. The van der Waals surface area contributed by atoms with Crippen molar-refractivity contribution in [1.29, 1.82) is 0 Å². The van der Waals surface area contributed by atoms with E-state index in [0.29, 0.717) is 11.1 Å². The maximum Gasteiger partial charge on any atom is 0.0623 e. The predicted octanol–water partition coefficient (Wildman–Crippen LogP) is 4.07. The molecule has 0 unspecified atom stereocenters. The second-order valence-electron chi connectivity index (χ2n) is 5.84. The highest BCUT2D eigenvalue weighted by molar-refractivity contribution is 6.31. The summed E-state index contributed by atoms with van der Waals surface area (Å²) in [6.07, 6.45) is 2.27. The average molecular weight is 294 g/mol. The van der Waals surface area contributed by atoms with Crippen LogP contribution in [0.4, 0.5) is 11.4 Å². The van der Waals surface area contributed by atoms with Crippen LogP contribution in [0.15, 0.2) is 23.8 Å². The van der Waals surface area contributed by atoms with E-state index in [4.69, 9.17) is 17.3 Å². The van der Waals surface area contributed by atoms with E-state index in [1.54, 1.807) is 0 Å². The van der Waals surface area contributed by atoms with Crippen molar-refractivity contribution in [2.24, 2.45) is 0 Å². The van der Waals surface area contributed by atoms with Crippen molar-refractivity contribution in [2.75, 3.05) is 24.1 Å². The van der Waals surface area contributed by atoms with Crippen LogP contribution in [0.2, 0.25) is 5.02 Å². The van der Waals surface area contributed by atoms with E-state index < -0.39 is 0 Å². The van der Waals surface area contributed by atoms with Gasteiger partial charge in [0.2, 0.25) is 0 Å². The highest BCUT2D eigenvalue weighted by Gasteiger charge is 2.27. The Balaban J connectivity index is 2.39. The molecular weight excluding hydrogens is 270 g/mol. The first-order valence-electron chi connectivity index (χ1n) is 7.12. The van der Waals surface area contributed by atoms with Gasteiger partial charge in [0.15, 0.2) is 0 Å². The Morgan fingerprint density at radius 1 is 1.45 bits per heavy atom. The molecule has 1 aromatic rings. The molecule has 0 saturated heterocycles.